The van der Waals surface area contributed by atoms with Crippen molar-refractivity contribution >= 4 is 5.91 Å². The van der Waals surface area contributed by atoms with Crippen LogP contribution < -0.4 is 5.32 Å². The molecule has 0 radical (unpaired) electrons. The van der Waals surface area contributed by atoms with Crippen molar-refractivity contribution in [2.45, 2.75) is 64.6 Å². The largest absolute Gasteiger partial charge is 0.341 e. The summed E-state index contributed by atoms with van der Waals surface area (Å²) in [5.74, 6) is 0.323. The lowest BCUT2D eigenvalue weighted by Gasteiger charge is -2.35. The average Bonchev–Trinajstić information content (AvgIpc) is 3.06. The Labute approximate surface area is 117 Å². The number of carbonyl (C=O) groups is 1. The van der Waals surface area contributed by atoms with Crippen LogP contribution in [0.3, 0.4) is 0 Å². The first-order valence-corrected chi connectivity index (χ1v) is 7.87. The molecular weight excluding hydrogens is 238 g/mol. The number of amides is 1. The summed E-state index contributed by atoms with van der Waals surface area (Å²) in [5.41, 5.74) is 0. The Morgan fingerprint density at radius 1 is 1.26 bits per heavy atom. The van der Waals surface area contributed by atoms with Crippen LogP contribution in [0.25, 0.3) is 0 Å². The van der Waals surface area contributed by atoms with Crippen molar-refractivity contribution in [1.29, 1.82) is 0 Å². The quantitative estimate of drug-likeness (QED) is 0.819. The third kappa shape index (κ3) is 3.69. The summed E-state index contributed by atoms with van der Waals surface area (Å²) in [6, 6.07) is 1.00. The maximum absolute atomic E-state index is 12.5. The van der Waals surface area contributed by atoms with Gasteiger partial charge in [-0.25, -0.2) is 0 Å². The van der Waals surface area contributed by atoms with Gasteiger partial charge in [0.25, 0.3) is 0 Å². The molecule has 0 bridgehead atoms. The summed E-state index contributed by atoms with van der Waals surface area (Å²) in [5, 5.41) is 3.54. The molecule has 0 spiro atoms. The molecule has 2 aliphatic heterocycles. The normalized spacial score (nSPS) is 25.5. The molecule has 0 saturated carbocycles. The van der Waals surface area contributed by atoms with Crippen molar-refractivity contribution in [2.24, 2.45) is 0 Å². The smallest absolute Gasteiger partial charge is 0.239 e. The van der Waals surface area contributed by atoms with Crippen molar-refractivity contribution in [3.8, 4) is 0 Å². The maximum Gasteiger partial charge on any atom is 0.239 e. The summed E-state index contributed by atoms with van der Waals surface area (Å²) in [6.07, 6.45) is 4.85. The van der Waals surface area contributed by atoms with E-state index in [0.717, 1.165) is 26.2 Å². The van der Waals surface area contributed by atoms with Crippen LogP contribution in [0, 0.1) is 0 Å². The number of carbonyl (C=O) groups excluding carboxylic acids is 1. The Balaban J connectivity index is 1.94. The van der Waals surface area contributed by atoms with E-state index in [1.54, 1.807) is 0 Å². The fourth-order valence-corrected chi connectivity index (χ4v) is 3.33. The number of hydrogen-bond donors (Lipinski definition) is 1. The molecule has 2 heterocycles. The molecule has 2 saturated heterocycles. The second-order valence-corrected chi connectivity index (χ2v) is 6.29. The first-order chi connectivity index (χ1) is 9.09. The number of rotatable bonds is 5. The van der Waals surface area contributed by atoms with Crippen LogP contribution in [-0.4, -0.2) is 60.0 Å². The highest BCUT2D eigenvalue weighted by Gasteiger charge is 2.31. The van der Waals surface area contributed by atoms with Gasteiger partial charge in [0.15, 0.2) is 0 Å². The van der Waals surface area contributed by atoms with Gasteiger partial charge in [0, 0.05) is 31.7 Å². The molecule has 0 aromatic rings. The van der Waals surface area contributed by atoms with Crippen LogP contribution >= 0.6 is 0 Å². The molecule has 1 N–H and O–H groups in total. The lowest BCUT2D eigenvalue weighted by Crippen LogP contribution is -2.52. The van der Waals surface area contributed by atoms with Gasteiger partial charge in [0.05, 0.1) is 6.04 Å². The fraction of sp³-hybridized carbons (Fsp3) is 0.933. The molecule has 0 aromatic heterocycles. The van der Waals surface area contributed by atoms with E-state index in [9.17, 15) is 4.79 Å². The van der Waals surface area contributed by atoms with E-state index >= 15 is 0 Å². The molecule has 2 unspecified atom stereocenters. The number of hydrogen-bond acceptors (Lipinski definition) is 3. The molecule has 4 nitrogen and oxygen atoms in total. The van der Waals surface area contributed by atoms with Gasteiger partial charge in [-0.15, -0.1) is 0 Å². The second kappa shape index (κ2) is 6.71. The SMILES string of the molecule is CC(C)N(CC1CCCN1)C(C)C(=O)N1CCCC1. The minimum Gasteiger partial charge on any atom is -0.341 e. The Morgan fingerprint density at radius 3 is 2.47 bits per heavy atom. The second-order valence-electron chi connectivity index (χ2n) is 6.29. The third-order valence-corrected chi connectivity index (χ3v) is 4.53. The van der Waals surface area contributed by atoms with Crippen LogP contribution in [-0.2, 0) is 4.79 Å². The van der Waals surface area contributed by atoms with Crippen LogP contribution in [0.4, 0.5) is 0 Å². The predicted molar refractivity (Wildman–Crippen MR) is 78.1 cm³/mol. The summed E-state index contributed by atoms with van der Waals surface area (Å²) < 4.78 is 0. The van der Waals surface area contributed by atoms with Crippen LogP contribution in [0.2, 0.25) is 0 Å². The molecule has 2 rings (SSSR count). The van der Waals surface area contributed by atoms with E-state index in [0.29, 0.717) is 18.0 Å². The van der Waals surface area contributed by atoms with Crippen LogP contribution in [0.5, 0.6) is 0 Å². The van der Waals surface area contributed by atoms with E-state index in [4.69, 9.17) is 0 Å². The zero-order valence-corrected chi connectivity index (χ0v) is 12.7. The van der Waals surface area contributed by atoms with Gasteiger partial charge in [-0.3, -0.25) is 9.69 Å². The Morgan fingerprint density at radius 2 is 1.95 bits per heavy atom. The monoisotopic (exact) mass is 267 g/mol. The van der Waals surface area contributed by atoms with Gasteiger partial charge in [-0.1, -0.05) is 0 Å². The molecule has 0 aliphatic carbocycles. The fourth-order valence-electron chi connectivity index (χ4n) is 3.33. The highest BCUT2D eigenvalue weighted by molar-refractivity contribution is 5.81. The van der Waals surface area contributed by atoms with E-state index in [1.807, 2.05) is 4.90 Å². The zero-order chi connectivity index (χ0) is 13.8. The Bertz CT molecular complexity index is 294. The van der Waals surface area contributed by atoms with Gasteiger partial charge in [0.1, 0.15) is 0 Å². The van der Waals surface area contributed by atoms with Gasteiger partial charge in [0.2, 0.25) is 5.91 Å². The Hall–Kier alpha value is -0.610. The van der Waals surface area contributed by atoms with Gasteiger partial charge < -0.3 is 10.2 Å². The first kappa shape index (κ1) is 14.8. The van der Waals surface area contributed by atoms with Gasteiger partial charge in [-0.2, -0.15) is 0 Å². The molecular formula is C15H29N3O. The molecule has 19 heavy (non-hydrogen) atoms. The molecule has 2 atom stereocenters. The van der Waals surface area contributed by atoms with E-state index in [2.05, 4.69) is 31.0 Å². The van der Waals surface area contributed by atoms with E-state index < -0.39 is 0 Å². The Kier molecular flexibility index (Phi) is 5.22. The molecule has 110 valence electrons. The number of likely N-dealkylation sites (tertiary alicyclic amines) is 1. The van der Waals surface area contributed by atoms with Crippen molar-refractivity contribution in [2.75, 3.05) is 26.2 Å². The first-order valence-electron chi connectivity index (χ1n) is 7.87. The van der Waals surface area contributed by atoms with Crippen molar-refractivity contribution in [3.05, 3.63) is 0 Å². The summed E-state index contributed by atoms with van der Waals surface area (Å²) in [7, 11) is 0. The highest BCUT2D eigenvalue weighted by atomic mass is 16.2. The molecule has 4 heteroatoms. The van der Waals surface area contributed by atoms with Crippen molar-refractivity contribution < 1.29 is 4.79 Å². The summed E-state index contributed by atoms with van der Waals surface area (Å²) in [4.78, 5) is 16.9. The predicted octanol–water partition coefficient (Wildman–Crippen LogP) is 1.46. The number of nitrogens with one attached hydrogen (secondary N) is 1. The summed E-state index contributed by atoms with van der Waals surface area (Å²) in [6.45, 7) is 10.5. The van der Waals surface area contributed by atoms with E-state index in [1.165, 1.54) is 25.7 Å². The van der Waals surface area contributed by atoms with Crippen LogP contribution in [0.15, 0.2) is 0 Å². The lowest BCUT2D eigenvalue weighted by atomic mass is 10.1. The molecule has 2 aliphatic rings. The maximum atomic E-state index is 12.5. The van der Waals surface area contributed by atoms with E-state index in [-0.39, 0.29) is 6.04 Å². The van der Waals surface area contributed by atoms with Crippen molar-refractivity contribution in [1.82, 2.24) is 15.1 Å². The summed E-state index contributed by atoms with van der Waals surface area (Å²) >= 11 is 0. The van der Waals surface area contributed by atoms with Crippen molar-refractivity contribution in [3.63, 3.8) is 0 Å². The minimum absolute atomic E-state index is 0.0144. The third-order valence-electron chi connectivity index (χ3n) is 4.53. The number of nitrogens with zero attached hydrogens (tertiary/aromatic N) is 2. The van der Waals surface area contributed by atoms with Crippen LogP contribution in [0.1, 0.15) is 46.5 Å². The molecule has 2 fully saturated rings. The minimum atomic E-state index is 0.0144. The molecule has 1 amide bonds. The highest BCUT2D eigenvalue weighted by Crippen LogP contribution is 2.16. The standard InChI is InChI=1S/C15H29N3O/c1-12(2)18(11-14-7-6-8-16-14)13(3)15(19)17-9-4-5-10-17/h12-14,16H,4-11H2,1-3H3. The average molecular weight is 267 g/mol. The topological polar surface area (TPSA) is 35.6 Å². The lowest BCUT2D eigenvalue weighted by molar-refractivity contribution is -0.136. The van der Waals surface area contributed by atoms with Gasteiger partial charge >= 0.3 is 0 Å². The van der Waals surface area contributed by atoms with Gasteiger partial charge in [-0.05, 0) is 53.0 Å². The molecule has 0 aromatic carbocycles. The zero-order valence-electron chi connectivity index (χ0n) is 12.7.